The average molecular weight is 283 g/mol. The largest absolute Gasteiger partial charge is 0.508 e. The van der Waals surface area contributed by atoms with Crippen LogP contribution in [0.25, 0.3) is 0 Å². The SMILES string of the molecule is CC(Nc1cc(F)cc(F)c1F)c1cc(O)ccc1O. The lowest BCUT2D eigenvalue weighted by atomic mass is 10.1. The van der Waals surface area contributed by atoms with Crippen molar-refractivity contribution in [3.05, 3.63) is 53.3 Å². The first-order chi connectivity index (χ1) is 9.38. The van der Waals surface area contributed by atoms with Crippen LogP contribution >= 0.6 is 0 Å². The molecule has 20 heavy (non-hydrogen) atoms. The molecule has 2 rings (SSSR count). The molecular formula is C14H12F3NO2. The number of nitrogens with one attached hydrogen (secondary N) is 1. The molecule has 2 aromatic rings. The summed E-state index contributed by atoms with van der Waals surface area (Å²) in [7, 11) is 0. The van der Waals surface area contributed by atoms with Gasteiger partial charge in [0.05, 0.1) is 11.7 Å². The van der Waals surface area contributed by atoms with Crippen molar-refractivity contribution >= 4 is 5.69 Å². The molecule has 6 heteroatoms. The topological polar surface area (TPSA) is 52.5 Å². The Hall–Kier alpha value is -2.37. The molecule has 2 aromatic carbocycles. The molecule has 0 amide bonds. The second-order valence-electron chi connectivity index (χ2n) is 4.36. The summed E-state index contributed by atoms with van der Waals surface area (Å²) in [6.07, 6.45) is 0. The van der Waals surface area contributed by atoms with Crippen molar-refractivity contribution in [3.63, 3.8) is 0 Å². The van der Waals surface area contributed by atoms with Crippen LogP contribution in [0, 0.1) is 17.5 Å². The molecular weight excluding hydrogens is 271 g/mol. The summed E-state index contributed by atoms with van der Waals surface area (Å²) in [5.41, 5.74) is -0.0909. The molecule has 0 radical (unpaired) electrons. The third-order valence-corrected chi connectivity index (χ3v) is 2.84. The number of aromatic hydroxyl groups is 2. The normalized spacial score (nSPS) is 12.2. The molecule has 0 bridgehead atoms. The number of phenolic OH excluding ortho intramolecular Hbond substituents is 2. The van der Waals surface area contributed by atoms with Crippen molar-refractivity contribution in [2.75, 3.05) is 5.32 Å². The summed E-state index contributed by atoms with van der Waals surface area (Å²) in [5, 5.41) is 21.6. The smallest absolute Gasteiger partial charge is 0.182 e. The molecule has 0 aromatic heterocycles. The predicted molar refractivity (Wildman–Crippen MR) is 68.1 cm³/mol. The molecule has 0 aliphatic carbocycles. The second kappa shape index (κ2) is 5.32. The molecule has 3 nitrogen and oxygen atoms in total. The Labute approximate surface area is 113 Å². The zero-order chi connectivity index (χ0) is 14.9. The molecule has 0 aliphatic heterocycles. The molecule has 3 N–H and O–H groups in total. The molecule has 106 valence electrons. The molecule has 0 saturated heterocycles. The Balaban J connectivity index is 2.32. The molecule has 0 heterocycles. The van der Waals surface area contributed by atoms with Gasteiger partial charge in [0.15, 0.2) is 11.6 Å². The van der Waals surface area contributed by atoms with Gasteiger partial charge in [0, 0.05) is 17.7 Å². The fourth-order valence-corrected chi connectivity index (χ4v) is 1.86. The lowest BCUT2D eigenvalue weighted by Crippen LogP contribution is -2.09. The van der Waals surface area contributed by atoms with Crippen LogP contribution < -0.4 is 5.32 Å². The molecule has 1 unspecified atom stereocenters. The minimum atomic E-state index is -1.31. The van der Waals surface area contributed by atoms with Gasteiger partial charge in [0.25, 0.3) is 0 Å². The van der Waals surface area contributed by atoms with Gasteiger partial charge in [-0.3, -0.25) is 0 Å². The van der Waals surface area contributed by atoms with Crippen LogP contribution in [0.4, 0.5) is 18.9 Å². The van der Waals surface area contributed by atoms with Gasteiger partial charge >= 0.3 is 0 Å². The second-order valence-corrected chi connectivity index (χ2v) is 4.36. The quantitative estimate of drug-likeness (QED) is 0.595. The number of halogens is 3. The Kier molecular flexibility index (Phi) is 3.74. The van der Waals surface area contributed by atoms with Gasteiger partial charge in [-0.2, -0.15) is 0 Å². The average Bonchev–Trinajstić information content (AvgIpc) is 2.38. The number of phenols is 2. The highest BCUT2D eigenvalue weighted by molar-refractivity contribution is 5.50. The van der Waals surface area contributed by atoms with Crippen molar-refractivity contribution in [3.8, 4) is 11.5 Å². The van der Waals surface area contributed by atoms with Gasteiger partial charge in [0.2, 0.25) is 0 Å². The van der Waals surface area contributed by atoms with Crippen LogP contribution in [-0.4, -0.2) is 10.2 Å². The van der Waals surface area contributed by atoms with E-state index in [2.05, 4.69) is 5.32 Å². The van der Waals surface area contributed by atoms with E-state index in [0.29, 0.717) is 6.07 Å². The van der Waals surface area contributed by atoms with Crippen LogP contribution in [-0.2, 0) is 0 Å². The lowest BCUT2D eigenvalue weighted by molar-refractivity contribution is 0.451. The van der Waals surface area contributed by atoms with Crippen LogP contribution in [0.2, 0.25) is 0 Å². The fourth-order valence-electron chi connectivity index (χ4n) is 1.86. The minimum Gasteiger partial charge on any atom is -0.508 e. The van der Waals surface area contributed by atoms with Crippen LogP contribution in [0.5, 0.6) is 11.5 Å². The highest BCUT2D eigenvalue weighted by Crippen LogP contribution is 2.31. The van der Waals surface area contributed by atoms with Crippen LogP contribution in [0.15, 0.2) is 30.3 Å². The number of rotatable bonds is 3. The first-order valence-electron chi connectivity index (χ1n) is 5.81. The van der Waals surface area contributed by atoms with Crippen molar-refractivity contribution < 1.29 is 23.4 Å². The summed E-state index contributed by atoms with van der Waals surface area (Å²) in [6, 6.07) is 4.42. The van der Waals surface area contributed by atoms with Crippen molar-refractivity contribution in [2.45, 2.75) is 13.0 Å². The Morgan fingerprint density at radius 3 is 2.45 bits per heavy atom. The van der Waals surface area contributed by atoms with E-state index in [1.54, 1.807) is 6.92 Å². The van der Waals surface area contributed by atoms with E-state index < -0.39 is 23.5 Å². The molecule has 0 saturated carbocycles. The standard InChI is InChI=1S/C14H12F3NO2/c1-7(10-6-9(19)2-3-13(10)20)18-12-5-8(15)4-11(16)14(12)17/h2-7,18-20H,1H3. The number of anilines is 1. The molecule has 0 spiro atoms. The van der Waals surface area contributed by atoms with Gasteiger partial charge in [-0.25, -0.2) is 13.2 Å². The summed E-state index contributed by atoms with van der Waals surface area (Å²) in [5.74, 6) is -3.64. The highest BCUT2D eigenvalue weighted by atomic mass is 19.2. The van der Waals surface area contributed by atoms with E-state index in [9.17, 15) is 23.4 Å². The predicted octanol–water partition coefficient (Wildman–Crippen LogP) is 3.69. The van der Waals surface area contributed by atoms with Crippen molar-refractivity contribution in [1.82, 2.24) is 0 Å². The van der Waals surface area contributed by atoms with Crippen molar-refractivity contribution in [1.29, 1.82) is 0 Å². The zero-order valence-electron chi connectivity index (χ0n) is 10.5. The summed E-state index contributed by atoms with van der Waals surface area (Å²) in [4.78, 5) is 0. The Morgan fingerprint density at radius 1 is 1.05 bits per heavy atom. The third-order valence-electron chi connectivity index (χ3n) is 2.84. The maximum atomic E-state index is 13.5. The van der Waals surface area contributed by atoms with E-state index in [1.807, 2.05) is 0 Å². The Morgan fingerprint density at radius 2 is 1.75 bits per heavy atom. The van der Waals surface area contributed by atoms with Gasteiger partial charge in [-0.1, -0.05) is 0 Å². The maximum absolute atomic E-state index is 13.5. The number of benzene rings is 2. The molecule has 0 fully saturated rings. The van der Waals surface area contributed by atoms with E-state index in [4.69, 9.17) is 0 Å². The van der Waals surface area contributed by atoms with E-state index in [1.165, 1.54) is 18.2 Å². The Bertz CT molecular complexity index is 647. The van der Waals surface area contributed by atoms with Gasteiger partial charge in [-0.05, 0) is 25.1 Å². The highest BCUT2D eigenvalue weighted by Gasteiger charge is 2.16. The third kappa shape index (κ3) is 2.79. The molecule has 1 atom stereocenters. The van der Waals surface area contributed by atoms with E-state index in [0.717, 1.165) is 6.07 Å². The number of hydrogen-bond donors (Lipinski definition) is 3. The number of hydrogen-bond acceptors (Lipinski definition) is 3. The van der Waals surface area contributed by atoms with Crippen LogP contribution in [0.3, 0.4) is 0 Å². The lowest BCUT2D eigenvalue weighted by Gasteiger charge is -2.18. The fraction of sp³-hybridized carbons (Fsp3) is 0.143. The summed E-state index contributed by atoms with van der Waals surface area (Å²) < 4.78 is 39.7. The maximum Gasteiger partial charge on any atom is 0.182 e. The van der Waals surface area contributed by atoms with Gasteiger partial charge in [0.1, 0.15) is 17.3 Å². The van der Waals surface area contributed by atoms with E-state index >= 15 is 0 Å². The van der Waals surface area contributed by atoms with Gasteiger partial charge in [-0.15, -0.1) is 0 Å². The first kappa shape index (κ1) is 14.0. The minimum absolute atomic E-state index is 0.0858. The van der Waals surface area contributed by atoms with Crippen molar-refractivity contribution in [2.24, 2.45) is 0 Å². The first-order valence-corrected chi connectivity index (χ1v) is 5.81. The zero-order valence-corrected chi connectivity index (χ0v) is 10.5. The monoisotopic (exact) mass is 283 g/mol. The van der Waals surface area contributed by atoms with Crippen LogP contribution in [0.1, 0.15) is 18.5 Å². The summed E-state index contributed by atoms with van der Waals surface area (Å²) >= 11 is 0. The van der Waals surface area contributed by atoms with E-state index in [-0.39, 0.29) is 22.7 Å². The summed E-state index contributed by atoms with van der Waals surface area (Å²) in [6.45, 7) is 1.55. The van der Waals surface area contributed by atoms with Gasteiger partial charge < -0.3 is 15.5 Å². The molecule has 0 aliphatic rings.